The second kappa shape index (κ2) is 8.48. The van der Waals surface area contributed by atoms with Crippen LogP contribution in [-0.4, -0.2) is 30.4 Å². The number of nitrogens with zero attached hydrogens (tertiary/aromatic N) is 1. The number of phenols is 1. The first-order valence-corrected chi connectivity index (χ1v) is 8.11. The molecule has 25 heavy (non-hydrogen) atoms. The van der Waals surface area contributed by atoms with Crippen LogP contribution in [-0.2, 0) is 4.79 Å². The van der Waals surface area contributed by atoms with Crippen molar-refractivity contribution < 1.29 is 19.0 Å². The summed E-state index contributed by atoms with van der Waals surface area (Å²) in [6.45, 7) is 1.66. The maximum absolute atomic E-state index is 12.9. The van der Waals surface area contributed by atoms with E-state index in [2.05, 4.69) is 31.8 Å². The van der Waals surface area contributed by atoms with Crippen LogP contribution < -0.4 is 15.5 Å². The largest absolute Gasteiger partial charge is 0.504 e. The van der Waals surface area contributed by atoms with Gasteiger partial charge in [0.2, 0.25) is 0 Å². The second-order valence-electron chi connectivity index (χ2n) is 5.16. The highest BCUT2D eigenvalue weighted by Gasteiger charge is 2.12. The zero-order valence-electron chi connectivity index (χ0n) is 13.6. The van der Waals surface area contributed by atoms with Crippen LogP contribution in [0.5, 0.6) is 11.5 Å². The van der Waals surface area contributed by atoms with Gasteiger partial charge < -0.3 is 15.2 Å². The molecule has 2 aromatic rings. The van der Waals surface area contributed by atoms with Gasteiger partial charge in [-0.25, -0.2) is 9.82 Å². The van der Waals surface area contributed by atoms with Gasteiger partial charge in [-0.15, -0.1) is 0 Å². The van der Waals surface area contributed by atoms with E-state index in [-0.39, 0.29) is 17.5 Å². The molecule has 2 rings (SSSR count). The second-order valence-corrected chi connectivity index (χ2v) is 6.02. The van der Waals surface area contributed by atoms with Gasteiger partial charge in [0.15, 0.2) is 11.5 Å². The van der Waals surface area contributed by atoms with Crippen LogP contribution in [0.1, 0.15) is 12.5 Å². The summed E-state index contributed by atoms with van der Waals surface area (Å²) in [5.41, 5.74) is 3.59. The summed E-state index contributed by atoms with van der Waals surface area (Å²) in [6, 6.07) is 8.27. The van der Waals surface area contributed by atoms with Crippen LogP contribution in [0.15, 0.2) is 46.0 Å². The van der Waals surface area contributed by atoms with Crippen LogP contribution in [0, 0.1) is 5.82 Å². The molecule has 0 heterocycles. The van der Waals surface area contributed by atoms with Crippen molar-refractivity contribution in [2.75, 3.05) is 12.4 Å². The standard InChI is InChI=1S/C17H17BrFN3O3/c1-10(21-13-5-3-12(19)4-6-13)17(24)22-20-9-11-7-14(18)16(25-2)15(23)8-11/h3-10,21,23H,1-2H3,(H,22,24)/b20-9-/t10-/m1/s1. The van der Waals surface area contributed by atoms with Crippen LogP contribution in [0.4, 0.5) is 10.1 Å². The Morgan fingerprint density at radius 2 is 2.04 bits per heavy atom. The summed E-state index contributed by atoms with van der Waals surface area (Å²) < 4.78 is 18.4. The summed E-state index contributed by atoms with van der Waals surface area (Å²) >= 11 is 3.27. The van der Waals surface area contributed by atoms with E-state index in [0.29, 0.717) is 21.5 Å². The molecule has 0 aromatic heterocycles. The van der Waals surface area contributed by atoms with E-state index in [1.165, 1.54) is 31.5 Å². The number of amides is 1. The number of hydrogen-bond acceptors (Lipinski definition) is 5. The summed E-state index contributed by atoms with van der Waals surface area (Å²) in [5, 5.41) is 16.6. The molecule has 0 radical (unpaired) electrons. The van der Waals surface area contributed by atoms with E-state index in [1.807, 2.05) is 0 Å². The van der Waals surface area contributed by atoms with Crippen molar-refractivity contribution in [2.24, 2.45) is 5.10 Å². The van der Waals surface area contributed by atoms with Gasteiger partial charge in [-0.3, -0.25) is 4.79 Å². The van der Waals surface area contributed by atoms with Gasteiger partial charge in [-0.1, -0.05) is 0 Å². The Morgan fingerprint density at radius 3 is 2.64 bits per heavy atom. The zero-order valence-corrected chi connectivity index (χ0v) is 15.2. The molecule has 3 N–H and O–H groups in total. The Morgan fingerprint density at radius 1 is 1.36 bits per heavy atom. The molecule has 0 aliphatic carbocycles. The lowest BCUT2D eigenvalue weighted by Crippen LogP contribution is -2.34. The molecule has 1 atom stereocenters. The average Bonchev–Trinajstić information content (AvgIpc) is 2.56. The first-order chi connectivity index (χ1) is 11.9. The molecule has 132 valence electrons. The predicted molar refractivity (Wildman–Crippen MR) is 97.6 cm³/mol. The number of benzene rings is 2. The first kappa shape index (κ1) is 18.7. The van der Waals surface area contributed by atoms with E-state index in [0.717, 1.165) is 0 Å². The number of aromatic hydroxyl groups is 1. The molecule has 6 nitrogen and oxygen atoms in total. The molecule has 0 saturated heterocycles. The van der Waals surface area contributed by atoms with Crippen LogP contribution >= 0.6 is 15.9 Å². The van der Waals surface area contributed by atoms with E-state index in [9.17, 15) is 14.3 Å². The monoisotopic (exact) mass is 409 g/mol. The van der Waals surface area contributed by atoms with Gasteiger partial charge in [0, 0.05) is 5.69 Å². The molecule has 0 aliphatic rings. The predicted octanol–water partition coefficient (Wildman–Crippen LogP) is 3.25. The fourth-order valence-electron chi connectivity index (χ4n) is 2.00. The highest BCUT2D eigenvalue weighted by molar-refractivity contribution is 9.10. The number of hydrazone groups is 1. The molecule has 0 aliphatic heterocycles. The van der Waals surface area contributed by atoms with Crippen molar-refractivity contribution in [1.82, 2.24) is 5.43 Å². The van der Waals surface area contributed by atoms with Crippen molar-refractivity contribution in [2.45, 2.75) is 13.0 Å². The topological polar surface area (TPSA) is 83.0 Å². The highest BCUT2D eigenvalue weighted by Crippen LogP contribution is 2.34. The lowest BCUT2D eigenvalue weighted by atomic mass is 10.2. The van der Waals surface area contributed by atoms with Gasteiger partial charge >= 0.3 is 0 Å². The Kier molecular flexibility index (Phi) is 6.35. The summed E-state index contributed by atoms with van der Waals surface area (Å²) in [5.74, 6) is -0.437. The van der Waals surface area contributed by atoms with Gasteiger partial charge in [0.05, 0.1) is 17.8 Å². The van der Waals surface area contributed by atoms with Crippen molar-refractivity contribution in [3.63, 3.8) is 0 Å². The van der Waals surface area contributed by atoms with Gasteiger partial charge in [-0.05, 0) is 64.8 Å². The number of carbonyl (C=O) groups excluding carboxylic acids is 1. The summed E-state index contributed by atoms with van der Waals surface area (Å²) in [7, 11) is 1.45. The number of methoxy groups -OCH3 is 1. The normalized spacial score (nSPS) is 12.0. The van der Waals surface area contributed by atoms with Crippen molar-refractivity contribution >= 4 is 33.7 Å². The minimum atomic E-state index is -0.571. The molecular formula is C17H17BrFN3O3. The van der Waals surface area contributed by atoms with Gasteiger partial charge in [0.25, 0.3) is 5.91 Å². The number of hydrogen-bond donors (Lipinski definition) is 3. The summed E-state index contributed by atoms with van der Waals surface area (Å²) in [6.07, 6.45) is 1.40. The molecule has 0 spiro atoms. The molecule has 8 heteroatoms. The number of ether oxygens (including phenoxy) is 1. The van der Waals surface area contributed by atoms with E-state index in [4.69, 9.17) is 4.74 Å². The van der Waals surface area contributed by atoms with E-state index in [1.54, 1.807) is 25.1 Å². The van der Waals surface area contributed by atoms with Crippen LogP contribution in [0.2, 0.25) is 0 Å². The van der Waals surface area contributed by atoms with Gasteiger partial charge in [-0.2, -0.15) is 5.10 Å². The summed E-state index contributed by atoms with van der Waals surface area (Å²) in [4.78, 5) is 12.0. The first-order valence-electron chi connectivity index (χ1n) is 7.32. The average molecular weight is 410 g/mol. The smallest absolute Gasteiger partial charge is 0.262 e. The Bertz CT molecular complexity index is 758. The molecular weight excluding hydrogens is 393 g/mol. The Balaban J connectivity index is 1.94. The fraction of sp³-hybridized carbons (Fsp3) is 0.176. The number of anilines is 1. The maximum atomic E-state index is 12.9. The third-order valence-electron chi connectivity index (χ3n) is 3.26. The molecule has 0 bridgehead atoms. The molecule has 0 fully saturated rings. The minimum absolute atomic E-state index is 0.0454. The van der Waals surface area contributed by atoms with Crippen LogP contribution in [0.3, 0.4) is 0 Å². The number of rotatable bonds is 6. The van der Waals surface area contributed by atoms with E-state index >= 15 is 0 Å². The van der Waals surface area contributed by atoms with E-state index < -0.39 is 6.04 Å². The fourth-order valence-corrected chi connectivity index (χ4v) is 2.63. The zero-order chi connectivity index (χ0) is 18.4. The van der Waals surface area contributed by atoms with Crippen molar-refractivity contribution in [3.05, 3.63) is 52.3 Å². The highest BCUT2D eigenvalue weighted by atomic mass is 79.9. The van der Waals surface area contributed by atoms with Gasteiger partial charge in [0.1, 0.15) is 11.9 Å². The number of carbonyl (C=O) groups is 1. The number of halogens is 2. The maximum Gasteiger partial charge on any atom is 0.262 e. The third kappa shape index (κ3) is 5.18. The molecule has 0 saturated carbocycles. The Hall–Kier alpha value is -2.61. The molecule has 1 amide bonds. The lowest BCUT2D eigenvalue weighted by molar-refractivity contribution is -0.121. The Labute approximate surface area is 152 Å². The minimum Gasteiger partial charge on any atom is -0.504 e. The molecule has 0 unspecified atom stereocenters. The lowest BCUT2D eigenvalue weighted by Gasteiger charge is -2.13. The van der Waals surface area contributed by atoms with Crippen molar-refractivity contribution in [3.8, 4) is 11.5 Å². The number of phenolic OH excluding ortho intramolecular Hbond substituents is 1. The van der Waals surface area contributed by atoms with Crippen molar-refractivity contribution in [1.29, 1.82) is 0 Å². The number of nitrogens with one attached hydrogen (secondary N) is 2. The quantitative estimate of drug-likeness (QED) is 0.505. The SMILES string of the molecule is COc1c(O)cc(/C=N\NC(=O)[C@@H](C)Nc2ccc(F)cc2)cc1Br. The third-order valence-corrected chi connectivity index (χ3v) is 3.85. The van der Waals surface area contributed by atoms with Crippen LogP contribution in [0.25, 0.3) is 0 Å². The molecule has 2 aromatic carbocycles.